The Balaban J connectivity index is 1.68. The molecule has 12 heavy (non-hydrogen) atoms. The van der Waals surface area contributed by atoms with E-state index in [1.807, 2.05) is 0 Å². The van der Waals surface area contributed by atoms with E-state index in [-0.39, 0.29) is 0 Å². The number of hydrogen-bond donors (Lipinski definition) is 1. The molecule has 2 fully saturated rings. The van der Waals surface area contributed by atoms with Crippen LogP contribution in [0.5, 0.6) is 0 Å². The van der Waals surface area contributed by atoms with E-state index in [9.17, 15) is 0 Å². The van der Waals surface area contributed by atoms with Crippen LogP contribution in [0.25, 0.3) is 0 Å². The van der Waals surface area contributed by atoms with Crippen molar-refractivity contribution in [2.45, 2.75) is 19.8 Å². The van der Waals surface area contributed by atoms with Gasteiger partial charge in [0.1, 0.15) is 0 Å². The number of likely N-dealkylation sites (tertiary alicyclic amines) is 1. The summed E-state index contributed by atoms with van der Waals surface area (Å²) < 4.78 is 0. The van der Waals surface area contributed by atoms with Crippen molar-refractivity contribution in [2.24, 2.45) is 11.8 Å². The third-order valence-electron chi connectivity index (χ3n) is 3.33. The van der Waals surface area contributed by atoms with Crippen molar-refractivity contribution in [1.82, 2.24) is 10.2 Å². The fraction of sp³-hybridized carbons (Fsp3) is 1.00. The Morgan fingerprint density at radius 2 is 2.17 bits per heavy atom. The van der Waals surface area contributed by atoms with Crippen molar-refractivity contribution >= 4 is 0 Å². The first-order valence-corrected chi connectivity index (χ1v) is 5.31. The Bertz CT molecular complexity index is 143. The molecule has 2 heterocycles. The standard InChI is InChI=1S/C10H20N2/c1-2-9-3-4-12(7-9)8-10-5-11-6-10/h9-11H,2-8H2,1H3/t9-/m1/s1. The van der Waals surface area contributed by atoms with Gasteiger partial charge in [-0.1, -0.05) is 13.3 Å². The van der Waals surface area contributed by atoms with Crippen LogP contribution >= 0.6 is 0 Å². The summed E-state index contributed by atoms with van der Waals surface area (Å²) in [5, 5.41) is 3.33. The van der Waals surface area contributed by atoms with Crippen molar-refractivity contribution in [3.05, 3.63) is 0 Å². The van der Waals surface area contributed by atoms with Gasteiger partial charge in [0.05, 0.1) is 0 Å². The first-order valence-electron chi connectivity index (χ1n) is 5.31. The fourth-order valence-corrected chi connectivity index (χ4v) is 2.25. The van der Waals surface area contributed by atoms with Gasteiger partial charge >= 0.3 is 0 Å². The van der Waals surface area contributed by atoms with Crippen molar-refractivity contribution in [3.8, 4) is 0 Å². The van der Waals surface area contributed by atoms with Gasteiger partial charge in [0.15, 0.2) is 0 Å². The minimum absolute atomic E-state index is 0.959. The molecule has 2 nitrogen and oxygen atoms in total. The maximum absolute atomic E-state index is 3.33. The molecule has 1 atom stereocenters. The molecule has 1 N–H and O–H groups in total. The van der Waals surface area contributed by atoms with Gasteiger partial charge in [-0.2, -0.15) is 0 Å². The summed E-state index contributed by atoms with van der Waals surface area (Å²) >= 11 is 0. The summed E-state index contributed by atoms with van der Waals surface area (Å²) in [5.41, 5.74) is 0. The molecule has 2 saturated heterocycles. The summed E-state index contributed by atoms with van der Waals surface area (Å²) in [4.78, 5) is 2.65. The second kappa shape index (κ2) is 3.75. The van der Waals surface area contributed by atoms with Gasteiger partial charge in [-0.15, -0.1) is 0 Å². The van der Waals surface area contributed by atoms with Crippen LogP contribution < -0.4 is 5.32 Å². The maximum Gasteiger partial charge on any atom is 0.00341 e. The largest absolute Gasteiger partial charge is 0.316 e. The zero-order chi connectivity index (χ0) is 8.39. The van der Waals surface area contributed by atoms with Gasteiger partial charge in [0, 0.05) is 26.2 Å². The Hall–Kier alpha value is -0.0800. The second-order valence-electron chi connectivity index (χ2n) is 4.35. The highest BCUT2D eigenvalue weighted by Gasteiger charge is 2.25. The molecular weight excluding hydrogens is 148 g/mol. The number of nitrogens with zero attached hydrogens (tertiary/aromatic N) is 1. The summed E-state index contributed by atoms with van der Waals surface area (Å²) in [6, 6.07) is 0. The molecule has 0 spiro atoms. The predicted octanol–water partition coefficient (Wildman–Crippen LogP) is 0.938. The zero-order valence-corrected chi connectivity index (χ0v) is 8.05. The molecule has 0 unspecified atom stereocenters. The van der Waals surface area contributed by atoms with Crippen LogP contribution in [0.15, 0.2) is 0 Å². The number of hydrogen-bond acceptors (Lipinski definition) is 2. The van der Waals surface area contributed by atoms with Crippen molar-refractivity contribution in [2.75, 3.05) is 32.7 Å². The highest BCUT2D eigenvalue weighted by Crippen LogP contribution is 2.20. The summed E-state index contributed by atoms with van der Waals surface area (Å²) in [7, 11) is 0. The smallest absolute Gasteiger partial charge is 0.00341 e. The molecule has 0 saturated carbocycles. The molecule has 0 aromatic heterocycles. The summed E-state index contributed by atoms with van der Waals surface area (Å²) in [5.74, 6) is 1.96. The highest BCUT2D eigenvalue weighted by molar-refractivity contribution is 4.82. The van der Waals surface area contributed by atoms with E-state index >= 15 is 0 Å². The fourth-order valence-electron chi connectivity index (χ4n) is 2.25. The molecular formula is C10H20N2. The van der Waals surface area contributed by atoms with Crippen LogP contribution in [0.4, 0.5) is 0 Å². The lowest BCUT2D eigenvalue weighted by atomic mass is 10.0. The van der Waals surface area contributed by atoms with Gasteiger partial charge in [-0.25, -0.2) is 0 Å². The zero-order valence-electron chi connectivity index (χ0n) is 8.05. The minimum atomic E-state index is 0.959. The first kappa shape index (κ1) is 8.52. The Labute approximate surface area is 75.3 Å². The molecule has 0 radical (unpaired) electrons. The van der Waals surface area contributed by atoms with E-state index in [1.165, 1.54) is 45.6 Å². The van der Waals surface area contributed by atoms with Crippen LogP contribution in [-0.4, -0.2) is 37.6 Å². The lowest BCUT2D eigenvalue weighted by Gasteiger charge is -2.31. The average Bonchev–Trinajstić information content (AvgIpc) is 2.44. The quantitative estimate of drug-likeness (QED) is 0.674. The van der Waals surface area contributed by atoms with E-state index in [1.54, 1.807) is 0 Å². The monoisotopic (exact) mass is 168 g/mol. The number of nitrogens with one attached hydrogen (secondary N) is 1. The Kier molecular flexibility index (Phi) is 2.66. The van der Waals surface area contributed by atoms with E-state index in [4.69, 9.17) is 0 Å². The molecule has 0 aromatic carbocycles. The van der Waals surface area contributed by atoms with E-state index < -0.39 is 0 Å². The molecule has 0 aliphatic carbocycles. The van der Waals surface area contributed by atoms with Crippen LogP contribution in [-0.2, 0) is 0 Å². The minimum Gasteiger partial charge on any atom is -0.316 e. The molecule has 0 aromatic rings. The Morgan fingerprint density at radius 1 is 1.33 bits per heavy atom. The molecule has 2 aliphatic rings. The normalized spacial score (nSPS) is 32.2. The van der Waals surface area contributed by atoms with Crippen LogP contribution in [0, 0.1) is 11.8 Å². The molecule has 70 valence electrons. The van der Waals surface area contributed by atoms with Crippen molar-refractivity contribution < 1.29 is 0 Å². The highest BCUT2D eigenvalue weighted by atomic mass is 15.2. The van der Waals surface area contributed by atoms with Crippen LogP contribution in [0.2, 0.25) is 0 Å². The summed E-state index contributed by atoms with van der Waals surface area (Å²) in [6.07, 6.45) is 2.82. The molecule has 0 bridgehead atoms. The predicted molar refractivity (Wildman–Crippen MR) is 51.2 cm³/mol. The second-order valence-corrected chi connectivity index (χ2v) is 4.35. The average molecular weight is 168 g/mol. The van der Waals surface area contributed by atoms with Gasteiger partial charge < -0.3 is 10.2 Å². The first-order chi connectivity index (χ1) is 5.88. The van der Waals surface area contributed by atoms with Crippen molar-refractivity contribution in [3.63, 3.8) is 0 Å². The van der Waals surface area contributed by atoms with Gasteiger partial charge in [0.2, 0.25) is 0 Å². The van der Waals surface area contributed by atoms with Crippen LogP contribution in [0.3, 0.4) is 0 Å². The van der Waals surface area contributed by atoms with Gasteiger partial charge in [-0.3, -0.25) is 0 Å². The van der Waals surface area contributed by atoms with Gasteiger partial charge in [0.25, 0.3) is 0 Å². The summed E-state index contributed by atoms with van der Waals surface area (Å²) in [6.45, 7) is 8.91. The molecule has 2 rings (SSSR count). The Morgan fingerprint density at radius 3 is 2.67 bits per heavy atom. The van der Waals surface area contributed by atoms with E-state index in [2.05, 4.69) is 17.1 Å². The lowest BCUT2D eigenvalue weighted by Crippen LogP contribution is -2.47. The molecule has 2 aliphatic heterocycles. The molecule has 0 amide bonds. The maximum atomic E-state index is 3.33. The molecule has 2 heteroatoms. The lowest BCUT2D eigenvalue weighted by molar-refractivity contribution is 0.218. The topological polar surface area (TPSA) is 15.3 Å². The van der Waals surface area contributed by atoms with Gasteiger partial charge in [-0.05, 0) is 24.8 Å². The third-order valence-corrected chi connectivity index (χ3v) is 3.33. The number of rotatable bonds is 3. The van der Waals surface area contributed by atoms with Crippen LogP contribution in [0.1, 0.15) is 19.8 Å². The van der Waals surface area contributed by atoms with E-state index in [0.29, 0.717) is 0 Å². The SMILES string of the molecule is CC[C@@H]1CCN(CC2CNC2)C1. The van der Waals surface area contributed by atoms with Crippen molar-refractivity contribution in [1.29, 1.82) is 0 Å². The third kappa shape index (κ3) is 1.80. The van der Waals surface area contributed by atoms with E-state index in [0.717, 1.165) is 11.8 Å².